The number of fused-ring (bicyclic) bond motifs is 6. The molecule has 44 heavy (non-hydrogen) atoms. The van der Waals surface area contributed by atoms with Gasteiger partial charge in [0, 0.05) is 30.9 Å². The van der Waals surface area contributed by atoms with E-state index in [0.29, 0.717) is 36.3 Å². The van der Waals surface area contributed by atoms with Gasteiger partial charge in [-0.3, -0.25) is 9.48 Å². The van der Waals surface area contributed by atoms with Crippen molar-refractivity contribution in [3.05, 3.63) is 41.9 Å². The summed E-state index contributed by atoms with van der Waals surface area (Å²) in [5.41, 5.74) is -1.48. The molecule has 11 nitrogen and oxygen atoms in total. The van der Waals surface area contributed by atoms with E-state index in [-0.39, 0.29) is 47.7 Å². The van der Waals surface area contributed by atoms with Gasteiger partial charge in [-0.1, -0.05) is 6.42 Å². The SMILES string of the molecule is Cc1c2cnn1CCCCC1CN(c3nc(-n4ccc(OCCC5(C(F)(F)F)CC5)n4)ccc3C(=O)NS2(=O)=O)C(C)(C)C1. The fraction of sp³-hybridized carbons (Fsp3) is 0.586. The Morgan fingerprint density at radius 3 is 2.66 bits per heavy atom. The van der Waals surface area contributed by atoms with Crippen LogP contribution < -0.4 is 14.4 Å². The van der Waals surface area contributed by atoms with Crippen molar-refractivity contribution in [1.29, 1.82) is 0 Å². The van der Waals surface area contributed by atoms with Crippen LogP contribution >= 0.6 is 0 Å². The largest absolute Gasteiger partial charge is 0.477 e. The van der Waals surface area contributed by atoms with Crippen molar-refractivity contribution in [1.82, 2.24) is 29.3 Å². The normalized spacial score (nSPS) is 22.5. The molecule has 1 N–H and O–H groups in total. The molecule has 3 aliphatic rings. The number of halogens is 3. The lowest BCUT2D eigenvalue weighted by atomic mass is 9.93. The molecule has 1 amide bonds. The van der Waals surface area contributed by atoms with Gasteiger partial charge in [0.25, 0.3) is 15.9 Å². The first-order valence-electron chi connectivity index (χ1n) is 14.8. The highest BCUT2D eigenvalue weighted by atomic mass is 32.2. The van der Waals surface area contributed by atoms with Crippen LogP contribution in [-0.4, -0.2) is 63.7 Å². The van der Waals surface area contributed by atoms with Gasteiger partial charge in [-0.2, -0.15) is 18.3 Å². The number of amides is 1. The van der Waals surface area contributed by atoms with Crippen LogP contribution in [0.1, 0.15) is 74.8 Å². The number of hydrogen-bond donors (Lipinski definition) is 1. The Balaban J connectivity index is 1.30. The molecule has 0 radical (unpaired) electrons. The van der Waals surface area contributed by atoms with Crippen molar-refractivity contribution >= 4 is 21.7 Å². The smallest absolute Gasteiger partial charge is 0.394 e. The molecule has 1 saturated heterocycles. The van der Waals surface area contributed by atoms with Crippen molar-refractivity contribution in [2.24, 2.45) is 11.3 Å². The number of aryl methyl sites for hydroxylation is 1. The number of sulfonamides is 1. The fourth-order valence-corrected chi connectivity index (χ4v) is 7.58. The lowest BCUT2D eigenvalue weighted by molar-refractivity contribution is -0.190. The van der Waals surface area contributed by atoms with Crippen molar-refractivity contribution in [3.8, 4) is 11.7 Å². The predicted octanol–water partition coefficient (Wildman–Crippen LogP) is 4.79. The molecular weight excluding hydrogens is 599 g/mol. The number of anilines is 1. The van der Waals surface area contributed by atoms with Crippen LogP contribution in [0.4, 0.5) is 19.0 Å². The third-order valence-electron chi connectivity index (χ3n) is 9.21. The van der Waals surface area contributed by atoms with Gasteiger partial charge in [-0.15, -0.1) is 5.10 Å². The molecule has 0 spiro atoms. The average Bonchev–Trinajstić information content (AvgIpc) is 3.27. The van der Waals surface area contributed by atoms with Crippen molar-refractivity contribution < 1.29 is 31.1 Å². The highest BCUT2D eigenvalue weighted by Gasteiger charge is 2.62. The molecule has 3 aromatic rings. The minimum atomic E-state index is -4.25. The van der Waals surface area contributed by atoms with E-state index in [1.807, 2.05) is 0 Å². The number of aromatic nitrogens is 5. The second kappa shape index (κ2) is 10.8. The third-order valence-corrected chi connectivity index (χ3v) is 10.6. The van der Waals surface area contributed by atoms with Gasteiger partial charge in [0.15, 0.2) is 5.82 Å². The number of ether oxygens (including phenoxy) is 1. The summed E-state index contributed by atoms with van der Waals surface area (Å²) < 4.78 is 77.2. The van der Waals surface area contributed by atoms with Gasteiger partial charge < -0.3 is 9.64 Å². The molecule has 1 aliphatic carbocycles. The number of nitrogens with one attached hydrogen (secondary N) is 1. The maximum Gasteiger partial charge on any atom is 0.394 e. The van der Waals surface area contributed by atoms with Gasteiger partial charge in [0.1, 0.15) is 10.7 Å². The van der Waals surface area contributed by atoms with E-state index >= 15 is 0 Å². The Kier molecular flexibility index (Phi) is 7.45. The predicted molar refractivity (Wildman–Crippen MR) is 154 cm³/mol. The topological polar surface area (TPSA) is 124 Å². The third kappa shape index (κ3) is 5.66. The van der Waals surface area contributed by atoms with Gasteiger partial charge in [0.05, 0.1) is 29.5 Å². The van der Waals surface area contributed by atoms with Gasteiger partial charge in [-0.25, -0.2) is 22.8 Å². The summed E-state index contributed by atoms with van der Waals surface area (Å²) in [6, 6.07) is 4.60. The Morgan fingerprint density at radius 2 is 1.93 bits per heavy atom. The van der Waals surface area contributed by atoms with Gasteiger partial charge in [-0.05, 0) is 77.3 Å². The first-order valence-corrected chi connectivity index (χ1v) is 16.3. The number of nitrogens with zero attached hydrogens (tertiary/aromatic N) is 6. The molecule has 0 aromatic carbocycles. The van der Waals surface area contributed by atoms with Crippen LogP contribution in [0.15, 0.2) is 35.5 Å². The molecule has 4 bridgehead atoms. The molecule has 1 unspecified atom stereocenters. The lowest BCUT2D eigenvalue weighted by Crippen LogP contribution is -2.41. The Bertz CT molecular complexity index is 1680. The number of pyridine rings is 1. The maximum absolute atomic E-state index is 13.6. The number of rotatable bonds is 5. The van der Waals surface area contributed by atoms with E-state index in [1.54, 1.807) is 29.9 Å². The maximum atomic E-state index is 13.6. The number of carbonyl (C=O) groups is 1. The summed E-state index contributed by atoms with van der Waals surface area (Å²) in [4.78, 5) is 20.4. The van der Waals surface area contributed by atoms with E-state index in [0.717, 1.165) is 25.7 Å². The zero-order valence-corrected chi connectivity index (χ0v) is 25.7. The van der Waals surface area contributed by atoms with Crippen LogP contribution in [0.5, 0.6) is 5.88 Å². The minimum absolute atomic E-state index is 0.0547. The molecular formula is C29H36F3N7O4S. The van der Waals surface area contributed by atoms with Gasteiger partial charge >= 0.3 is 6.18 Å². The molecule has 2 aliphatic heterocycles. The van der Waals surface area contributed by atoms with Crippen LogP contribution in [-0.2, 0) is 16.6 Å². The van der Waals surface area contributed by atoms with E-state index in [1.165, 1.54) is 16.9 Å². The summed E-state index contributed by atoms with van der Waals surface area (Å²) in [5.74, 6) is 0.345. The molecule has 5 heterocycles. The van der Waals surface area contributed by atoms with E-state index in [9.17, 15) is 26.4 Å². The first-order chi connectivity index (χ1) is 20.7. The summed E-state index contributed by atoms with van der Waals surface area (Å²) in [6.45, 7) is 6.91. The number of hydrogen-bond acceptors (Lipinski definition) is 8. The average molecular weight is 636 g/mol. The molecule has 6 rings (SSSR count). The minimum Gasteiger partial charge on any atom is -0.477 e. The molecule has 238 valence electrons. The second-order valence-electron chi connectivity index (χ2n) is 12.8. The van der Waals surface area contributed by atoms with Crippen molar-refractivity contribution in [2.75, 3.05) is 18.1 Å². The summed E-state index contributed by atoms with van der Waals surface area (Å²) in [5, 5.41) is 8.60. The zero-order valence-electron chi connectivity index (χ0n) is 24.9. The zero-order chi connectivity index (χ0) is 31.5. The Hall–Kier alpha value is -3.62. The quantitative estimate of drug-likeness (QED) is 0.425. The van der Waals surface area contributed by atoms with E-state index in [2.05, 4.69) is 33.7 Å². The Morgan fingerprint density at radius 1 is 1.16 bits per heavy atom. The fourth-order valence-electron chi connectivity index (χ4n) is 6.44. The molecule has 3 aromatic heterocycles. The van der Waals surface area contributed by atoms with Crippen molar-refractivity contribution in [2.45, 2.75) is 88.9 Å². The second-order valence-corrected chi connectivity index (χ2v) is 14.4. The molecule has 15 heteroatoms. The lowest BCUT2D eigenvalue weighted by Gasteiger charge is -2.34. The van der Waals surface area contributed by atoms with Crippen LogP contribution in [0.2, 0.25) is 0 Å². The first kappa shape index (κ1) is 30.4. The van der Waals surface area contributed by atoms with Crippen LogP contribution in [0.3, 0.4) is 0 Å². The summed E-state index contributed by atoms with van der Waals surface area (Å²) in [6.07, 6.45) is 2.28. The highest BCUT2D eigenvalue weighted by molar-refractivity contribution is 7.90. The van der Waals surface area contributed by atoms with Gasteiger partial charge in [0.2, 0.25) is 5.88 Å². The summed E-state index contributed by atoms with van der Waals surface area (Å²) >= 11 is 0. The van der Waals surface area contributed by atoms with E-state index < -0.39 is 27.5 Å². The standard InChI is InChI=1S/C29H36F3N7O4S/c1-19-22-17-33-38(19)13-5-4-6-20-16-27(2,3)37(18-20)25-21(26(40)36-44(22,41)42)7-8-23(34-25)39-14-9-24(35-39)43-15-12-28(10-11-28)29(30,31)32/h7-9,14,17,20H,4-6,10-13,15-16,18H2,1-3H3,(H,36,40). The Labute approximate surface area is 253 Å². The molecule has 2 fully saturated rings. The van der Waals surface area contributed by atoms with E-state index in [4.69, 9.17) is 9.72 Å². The number of alkyl halides is 3. The number of carbonyl (C=O) groups excluding carboxylic acids is 1. The van der Waals surface area contributed by atoms with Crippen LogP contribution in [0.25, 0.3) is 5.82 Å². The van der Waals surface area contributed by atoms with Crippen molar-refractivity contribution in [3.63, 3.8) is 0 Å². The monoisotopic (exact) mass is 635 g/mol. The molecule has 1 saturated carbocycles. The van der Waals surface area contributed by atoms with Crippen LogP contribution in [0, 0.1) is 18.3 Å². The highest BCUT2D eigenvalue weighted by Crippen LogP contribution is 2.59. The summed E-state index contributed by atoms with van der Waals surface area (Å²) in [7, 11) is -4.22. The molecule has 1 atom stereocenters.